The van der Waals surface area contributed by atoms with Crippen LogP contribution >= 0.6 is 15.9 Å². The Bertz CT molecular complexity index is 203. The highest BCUT2D eigenvalue weighted by molar-refractivity contribution is 9.10. The second kappa shape index (κ2) is 3.15. The molecule has 0 radical (unpaired) electrons. The summed E-state index contributed by atoms with van der Waals surface area (Å²) >= 11 is 3.27. The highest BCUT2D eigenvalue weighted by Gasteiger charge is 1.99. The molecule has 0 aliphatic heterocycles. The van der Waals surface area contributed by atoms with Crippen molar-refractivity contribution < 1.29 is 4.39 Å². The smallest absolute Gasteiger partial charge is 0.122 e. The van der Waals surface area contributed by atoms with Crippen LogP contribution in [-0.4, -0.2) is 0 Å². The minimum atomic E-state index is -0.867. The van der Waals surface area contributed by atoms with Crippen molar-refractivity contribution >= 4 is 15.9 Å². The van der Waals surface area contributed by atoms with Crippen LogP contribution in [0.5, 0.6) is 0 Å². The second-order valence-corrected chi connectivity index (χ2v) is 3.08. The molecule has 1 rings (SSSR count). The van der Waals surface area contributed by atoms with E-state index in [2.05, 4.69) is 15.9 Å². The summed E-state index contributed by atoms with van der Waals surface area (Å²) in [6.45, 7) is 1.53. The van der Waals surface area contributed by atoms with Crippen molar-refractivity contribution in [2.75, 3.05) is 0 Å². The number of hydrogen-bond donors (Lipinski definition) is 0. The van der Waals surface area contributed by atoms with Gasteiger partial charge in [0.2, 0.25) is 0 Å². The van der Waals surface area contributed by atoms with Gasteiger partial charge in [0.1, 0.15) is 6.17 Å². The molecule has 1 aromatic rings. The van der Waals surface area contributed by atoms with Crippen LogP contribution < -0.4 is 0 Å². The summed E-state index contributed by atoms with van der Waals surface area (Å²) in [6.07, 6.45) is -0.867. The van der Waals surface area contributed by atoms with Gasteiger partial charge in [0, 0.05) is 4.47 Å². The maximum Gasteiger partial charge on any atom is 0.122 e. The van der Waals surface area contributed by atoms with Gasteiger partial charge in [0.15, 0.2) is 0 Å². The lowest BCUT2D eigenvalue weighted by Gasteiger charge is -1.99. The van der Waals surface area contributed by atoms with E-state index in [1.165, 1.54) is 6.92 Å². The summed E-state index contributed by atoms with van der Waals surface area (Å²) in [5, 5.41) is 0. The van der Waals surface area contributed by atoms with Crippen LogP contribution in [-0.2, 0) is 0 Å². The monoisotopic (exact) mass is 202 g/mol. The van der Waals surface area contributed by atoms with Crippen molar-refractivity contribution in [3.05, 3.63) is 34.3 Å². The van der Waals surface area contributed by atoms with E-state index in [4.69, 9.17) is 0 Å². The third-order valence-corrected chi connectivity index (χ3v) is 1.86. The van der Waals surface area contributed by atoms with Gasteiger partial charge in [0.05, 0.1) is 0 Å². The number of alkyl halides is 1. The lowest BCUT2D eigenvalue weighted by atomic mass is 10.1. The van der Waals surface area contributed by atoms with E-state index in [0.717, 1.165) is 10.0 Å². The van der Waals surface area contributed by atoms with Gasteiger partial charge in [-0.05, 0) is 24.6 Å². The highest BCUT2D eigenvalue weighted by Crippen LogP contribution is 2.18. The number of hydrogen-bond acceptors (Lipinski definition) is 0. The van der Waals surface area contributed by atoms with Crippen molar-refractivity contribution in [2.24, 2.45) is 0 Å². The molecular weight excluding hydrogens is 195 g/mol. The maximum absolute atomic E-state index is 12.6. The molecule has 0 aliphatic carbocycles. The molecule has 0 bridgehead atoms. The largest absolute Gasteiger partial charge is 0.243 e. The summed E-state index contributed by atoms with van der Waals surface area (Å²) in [7, 11) is 0. The Kier molecular flexibility index (Phi) is 2.44. The van der Waals surface area contributed by atoms with E-state index in [-0.39, 0.29) is 0 Å². The van der Waals surface area contributed by atoms with Gasteiger partial charge in [-0.2, -0.15) is 0 Å². The SMILES string of the molecule is C[C@@H](F)c1ccc(Br)cc1. The lowest BCUT2D eigenvalue weighted by molar-refractivity contribution is 0.374. The second-order valence-electron chi connectivity index (χ2n) is 2.17. The molecule has 0 fully saturated rings. The molecule has 0 spiro atoms. The maximum atomic E-state index is 12.6. The Balaban J connectivity index is 2.89. The Morgan fingerprint density at radius 3 is 2.20 bits per heavy atom. The molecule has 0 saturated carbocycles. The fraction of sp³-hybridized carbons (Fsp3) is 0.250. The molecular formula is C8H8BrF. The van der Waals surface area contributed by atoms with E-state index < -0.39 is 6.17 Å². The average molecular weight is 203 g/mol. The number of halogens is 2. The van der Waals surface area contributed by atoms with Crippen LogP contribution in [0.4, 0.5) is 4.39 Å². The van der Waals surface area contributed by atoms with Crippen LogP contribution in [0, 0.1) is 0 Å². The zero-order valence-corrected chi connectivity index (χ0v) is 7.23. The van der Waals surface area contributed by atoms with Crippen molar-refractivity contribution in [3.8, 4) is 0 Å². The summed E-state index contributed by atoms with van der Waals surface area (Å²) in [6, 6.07) is 7.22. The van der Waals surface area contributed by atoms with Crippen molar-refractivity contribution in [1.29, 1.82) is 0 Å². The molecule has 0 aliphatic rings. The first kappa shape index (κ1) is 7.73. The first-order valence-corrected chi connectivity index (χ1v) is 3.89. The van der Waals surface area contributed by atoms with Gasteiger partial charge in [-0.25, -0.2) is 4.39 Å². The third-order valence-electron chi connectivity index (χ3n) is 1.33. The Morgan fingerprint density at radius 2 is 1.80 bits per heavy atom. The van der Waals surface area contributed by atoms with E-state index in [9.17, 15) is 4.39 Å². The van der Waals surface area contributed by atoms with Crippen molar-refractivity contribution in [3.63, 3.8) is 0 Å². The highest BCUT2D eigenvalue weighted by atomic mass is 79.9. The predicted octanol–water partition coefficient (Wildman–Crippen LogP) is 3.48. The van der Waals surface area contributed by atoms with Gasteiger partial charge in [-0.15, -0.1) is 0 Å². The fourth-order valence-electron chi connectivity index (χ4n) is 0.728. The molecule has 0 heterocycles. The first-order valence-electron chi connectivity index (χ1n) is 3.09. The van der Waals surface area contributed by atoms with Crippen LogP contribution in [0.25, 0.3) is 0 Å². The van der Waals surface area contributed by atoms with Crippen LogP contribution in [0.1, 0.15) is 18.7 Å². The molecule has 0 aromatic heterocycles. The molecule has 0 N–H and O–H groups in total. The number of rotatable bonds is 1. The van der Waals surface area contributed by atoms with Crippen molar-refractivity contribution in [2.45, 2.75) is 13.1 Å². The van der Waals surface area contributed by atoms with Crippen LogP contribution in [0.2, 0.25) is 0 Å². The molecule has 0 amide bonds. The molecule has 10 heavy (non-hydrogen) atoms. The molecule has 0 saturated heterocycles. The third kappa shape index (κ3) is 1.81. The summed E-state index contributed by atoms with van der Waals surface area (Å²) in [5.74, 6) is 0. The normalized spacial score (nSPS) is 13.1. The molecule has 54 valence electrons. The van der Waals surface area contributed by atoms with Crippen LogP contribution in [0.15, 0.2) is 28.7 Å². The molecule has 1 aromatic carbocycles. The van der Waals surface area contributed by atoms with E-state index >= 15 is 0 Å². The summed E-state index contributed by atoms with van der Waals surface area (Å²) < 4.78 is 13.5. The molecule has 0 unspecified atom stereocenters. The molecule has 2 heteroatoms. The van der Waals surface area contributed by atoms with Gasteiger partial charge < -0.3 is 0 Å². The minimum Gasteiger partial charge on any atom is -0.243 e. The van der Waals surface area contributed by atoms with Crippen molar-refractivity contribution in [1.82, 2.24) is 0 Å². The van der Waals surface area contributed by atoms with E-state index in [0.29, 0.717) is 0 Å². The average Bonchev–Trinajstić information content (AvgIpc) is 1.88. The van der Waals surface area contributed by atoms with Gasteiger partial charge in [-0.1, -0.05) is 28.1 Å². The molecule has 1 atom stereocenters. The standard InChI is InChI=1S/C8H8BrF/c1-6(10)7-2-4-8(9)5-3-7/h2-6H,1H3/t6-/m1/s1. The fourth-order valence-corrected chi connectivity index (χ4v) is 0.992. The van der Waals surface area contributed by atoms with E-state index in [1.807, 2.05) is 12.1 Å². The van der Waals surface area contributed by atoms with E-state index in [1.54, 1.807) is 12.1 Å². The minimum absolute atomic E-state index is 0.725. The zero-order valence-electron chi connectivity index (χ0n) is 5.64. The summed E-state index contributed by atoms with van der Waals surface area (Å²) in [4.78, 5) is 0. The van der Waals surface area contributed by atoms with Gasteiger partial charge in [0.25, 0.3) is 0 Å². The first-order chi connectivity index (χ1) is 4.70. The van der Waals surface area contributed by atoms with Gasteiger partial charge in [-0.3, -0.25) is 0 Å². The molecule has 0 nitrogen and oxygen atoms in total. The Morgan fingerprint density at radius 1 is 1.30 bits per heavy atom. The quantitative estimate of drug-likeness (QED) is 0.655. The number of benzene rings is 1. The summed E-state index contributed by atoms with van der Waals surface area (Å²) in [5.41, 5.74) is 0.725. The lowest BCUT2D eigenvalue weighted by Crippen LogP contribution is -1.82. The predicted molar refractivity (Wildman–Crippen MR) is 43.7 cm³/mol. The van der Waals surface area contributed by atoms with Gasteiger partial charge >= 0.3 is 0 Å². The Labute approximate surface area is 68.2 Å². The Hall–Kier alpha value is -0.370. The van der Waals surface area contributed by atoms with Crippen LogP contribution in [0.3, 0.4) is 0 Å². The zero-order chi connectivity index (χ0) is 7.56. The topological polar surface area (TPSA) is 0 Å².